The Bertz CT molecular complexity index is 435. The van der Waals surface area contributed by atoms with Gasteiger partial charge in [-0.1, -0.05) is 6.42 Å². The fraction of sp³-hybridized carbons (Fsp3) is 0.643. The lowest BCUT2D eigenvalue weighted by molar-refractivity contribution is -0.137. The van der Waals surface area contributed by atoms with Crippen molar-refractivity contribution >= 4 is 33.2 Å². The molecule has 2 rings (SSSR count). The van der Waals surface area contributed by atoms with Gasteiger partial charge >= 0.3 is 0 Å². The molecule has 2 unspecified atom stereocenters. The molecule has 0 saturated heterocycles. The number of carbonyl (C=O) groups excluding carboxylic acids is 1. The van der Waals surface area contributed by atoms with Crippen molar-refractivity contribution in [3.05, 3.63) is 20.8 Å². The fourth-order valence-electron chi connectivity index (χ4n) is 2.68. The van der Waals surface area contributed by atoms with Crippen LogP contribution in [0.4, 0.5) is 0 Å². The first kappa shape index (κ1) is 15.0. The van der Waals surface area contributed by atoms with Gasteiger partial charge in [0, 0.05) is 23.4 Å². The number of carbonyl (C=O) groups is 1. The summed E-state index contributed by atoms with van der Waals surface area (Å²) in [6.07, 6.45) is 3.99. The average molecular weight is 345 g/mol. The predicted molar refractivity (Wildman–Crippen MR) is 83.0 cm³/mol. The second-order valence-electron chi connectivity index (χ2n) is 5.18. The van der Waals surface area contributed by atoms with Gasteiger partial charge in [-0.2, -0.15) is 0 Å². The SMILES string of the molecule is CCN(Cc1ccc(Br)s1)C(=O)C1CCCC(N)C1. The van der Waals surface area contributed by atoms with Crippen LogP contribution in [0, 0.1) is 5.92 Å². The lowest BCUT2D eigenvalue weighted by Gasteiger charge is -2.30. The average Bonchev–Trinajstić information content (AvgIpc) is 2.81. The molecule has 0 bridgehead atoms. The normalized spacial score (nSPS) is 23.3. The van der Waals surface area contributed by atoms with Gasteiger partial charge in [0.25, 0.3) is 0 Å². The second kappa shape index (κ2) is 6.86. The van der Waals surface area contributed by atoms with Crippen molar-refractivity contribution in [3.63, 3.8) is 0 Å². The van der Waals surface area contributed by atoms with Crippen LogP contribution in [0.15, 0.2) is 15.9 Å². The molecule has 2 N–H and O–H groups in total. The van der Waals surface area contributed by atoms with Gasteiger partial charge in [0.1, 0.15) is 0 Å². The molecule has 0 radical (unpaired) electrons. The zero-order valence-corrected chi connectivity index (χ0v) is 13.7. The lowest BCUT2D eigenvalue weighted by Crippen LogP contribution is -2.40. The Morgan fingerprint density at radius 1 is 1.53 bits per heavy atom. The van der Waals surface area contributed by atoms with E-state index in [-0.39, 0.29) is 17.9 Å². The summed E-state index contributed by atoms with van der Waals surface area (Å²) in [6.45, 7) is 3.53. The van der Waals surface area contributed by atoms with Gasteiger partial charge in [-0.15, -0.1) is 11.3 Å². The topological polar surface area (TPSA) is 46.3 Å². The number of thiophene rings is 1. The Morgan fingerprint density at radius 2 is 2.32 bits per heavy atom. The highest BCUT2D eigenvalue weighted by Crippen LogP contribution is 2.27. The summed E-state index contributed by atoms with van der Waals surface area (Å²) < 4.78 is 1.12. The van der Waals surface area contributed by atoms with Gasteiger partial charge in [0.05, 0.1) is 10.3 Å². The number of nitrogens with zero attached hydrogens (tertiary/aromatic N) is 1. The molecule has 1 aliphatic carbocycles. The summed E-state index contributed by atoms with van der Waals surface area (Å²) in [4.78, 5) is 15.7. The standard InChI is InChI=1S/C14H21BrN2OS/c1-2-17(9-12-6-7-13(15)19-12)14(18)10-4-3-5-11(16)8-10/h6-7,10-11H,2-5,8-9,16H2,1H3. The molecule has 5 heteroatoms. The van der Waals surface area contributed by atoms with Crippen LogP contribution in [0.2, 0.25) is 0 Å². The highest BCUT2D eigenvalue weighted by molar-refractivity contribution is 9.11. The van der Waals surface area contributed by atoms with E-state index >= 15 is 0 Å². The third kappa shape index (κ3) is 4.04. The van der Waals surface area contributed by atoms with E-state index in [4.69, 9.17) is 5.73 Å². The number of rotatable bonds is 4. The first-order chi connectivity index (χ1) is 9.10. The van der Waals surface area contributed by atoms with Gasteiger partial charge in [-0.3, -0.25) is 4.79 Å². The van der Waals surface area contributed by atoms with Crippen LogP contribution >= 0.6 is 27.3 Å². The van der Waals surface area contributed by atoms with Gasteiger partial charge < -0.3 is 10.6 Å². The summed E-state index contributed by atoms with van der Waals surface area (Å²) in [5.41, 5.74) is 5.99. The van der Waals surface area contributed by atoms with Crippen molar-refractivity contribution in [1.82, 2.24) is 4.90 Å². The van der Waals surface area contributed by atoms with E-state index in [1.165, 1.54) is 4.88 Å². The third-order valence-corrected chi connectivity index (χ3v) is 5.34. The monoisotopic (exact) mass is 344 g/mol. The van der Waals surface area contributed by atoms with Crippen LogP contribution in [0.3, 0.4) is 0 Å². The van der Waals surface area contributed by atoms with Gasteiger partial charge in [0.2, 0.25) is 5.91 Å². The minimum Gasteiger partial charge on any atom is -0.338 e. The number of halogens is 1. The Balaban J connectivity index is 1.98. The predicted octanol–water partition coefficient (Wildman–Crippen LogP) is 3.38. The molecule has 3 nitrogen and oxygen atoms in total. The molecule has 1 aromatic heterocycles. The van der Waals surface area contributed by atoms with Crippen molar-refractivity contribution in [1.29, 1.82) is 0 Å². The Labute approximate surface area is 127 Å². The molecule has 1 heterocycles. The van der Waals surface area contributed by atoms with Crippen molar-refractivity contribution in [2.24, 2.45) is 11.7 Å². The van der Waals surface area contributed by atoms with Crippen LogP contribution in [0.1, 0.15) is 37.5 Å². The molecule has 19 heavy (non-hydrogen) atoms. The Hall–Kier alpha value is -0.390. The maximum absolute atomic E-state index is 12.5. The van der Waals surface area contributed by atoms with Crippen LogP contribution in [-0.4, -0.2) is 23.4 Å². The second-order valence-corrected chi connectivity index (χ2v) is 7.73. The van der Waals surface area contributed by atoms with Crippen molar-refractivity contribution in [3.8, 4) is 0 Å². The number of nitrogens with two attached hydrogens (primary N) is 1. The molecule has 0 aliphatic heterocycles. The molecule has 1 fully saturated rings. The molecule has 1 saturated carbocycles. The van der Waals surface area contributed by atoms with Crippen molar-refractivity contribution in [2.75, 3.05) is 6.54 Å². The van der Waals surface area contributed by atoms with E-state index in [1.54, 1.807) is 11.3 Å². The van der Waals surface area contributed by atoms with E-state index in [0.717, 1.165) is 42.6 Å². The molecule has 1 aliphatic rings. The molecular weight excluding hydrogens is 324 g/mol. The van der Waals surface area contributed by atoms with Crippen LogP contribution in [0.5, 0.6) is 0 Å². The zero-order chi connectivity index (χ0) is 13.8. The number of amides is 1. The Kier molecular flexibility index (Phi) is 5.42. The number of hydrogen-bond donors (Lipinski definition) is 1. The minimum atomic E-state index is 0.132. The largest absolute Gasteiger partial charge is 0.338 e. The highest BCUT2D eigenvalue weighted by Gasteiger charge is 2.28. The first-order valence-corrected chi connectivity index (χ1v) is 8.49. The van der Waals surface area contributed by atoms with E-state index in [2.05, 4.69) is 22.0 Å². The van der Waals surface area contributed by atoms with E-state index in [0.29, 0.717) is 0 Å². The Morgan fingerprint density at radius 3 is 2.89 bits per heavy atom. The van der Waals surface area contributed by atoms with Crippen LogP contribution in [-0.2, 0) is 11.3 Å². The van der Waals surface area contributed by atoms with E-state index < -0.39 is 0 Å². The molecular formula is C14H21BrN2OS. The van der Waals surface area contributed by atoms with Gasteiger partial charge in [0.15, 0.2) is 0 Å². The van der Waals surface area contributed by atoms with E-state index in [9.17, 15) is 4.79 Å². The third-order valence-electron chi connectivity index (χ3n) is 3.73. The maximum atomic E-state index is 12.5. The molecule has 2 atom stereocenters. The highest BCUT2D eigenvalue weighted by atomic mass is 79.9. The van der Waals surface area contributed by atoms with Crippen LogP contribution < -0.4 is 5.73 Å². The van der Waals surface area contributed by atoms with Crippen LogP contribution in [0.25, 0.3) is 0 Å². The summed E-state index contributed by atoms with van der Waals surface area (Å²) in [6, 6.07) is 4.32. The molecule has 0 spiro atoms. The fourth-order valence-corrected chi connectivity index (χ4v) is 4.18. The molecule has 0 aromatic carbocycles. The van der Waals surface area contributed by atoms with Gasteiger partial charge in [-0.05, 0) is 54.2 Å². The first-order valence-electron chi connectivity index (χ1n) is 6.88. The van der Waals surface area contributed by atoms with Gasteiger partial charge in [-0.25, -0.2) is 0 Å². The smallest absolute Gasteiger partial charge is 0.226 e. The lowest BCUT2D eigenvalue weighted by atomic mass is 9.85. The number of hydrogen-bond acceptors (Lipinski definition) is 3. The van der Waals surface area contributed by atoms with Crippen molar-refractivity contribution < 1.29 is 4.79 Å². The molecule has 1 amide bonds. The van der Waals surface area contributed by atoms with Crippen molar-refractivity contribution in [2.45, 2.75) is 45.2 Å². The quantitative estimate of drug-likeness (QED) is 0.909. The molecule has 1 aromatic rings. The summed E-state index contributed by atoms with van der Waals surface area (Å²) >= 11 is 5.16. The zero-order valence-electron chi connectivity index (χ0n) is 11.3. The minimum absolute atomic E-state index is 0.132. The molecule has 106 valence electrons. The summed E-state index contributed by atoms with van der Waals surface area (Å²) in [5.74, 6) is 0.411. The summed E-state index contributed by atoms with van der Waals surface area (Å²) in [5, 5.41) is 0. The van der Waals surface area contributed by atoms with E-state index in [1.807, 2.05) is 17.9 Å². The summed E-state index contributed by atoms with van der Waals surface area (Å²) in [7, 11) is 0. The maximum Gasteiger partial charge on any atom is 0.226 e.